The Labute approximate surface area is 135 Å². The van der Waals surface area contributed by atoms with E-state index in [0.29, 0.717) is 11.4 Å². The minimum atomic E-state index is -0.710. The molecule has 0 bridgehead atoms. The number of benzene rings is 2. The summed E-state index contributed by atoms with van der Waals surface area (Å²) < 4.78 is 5.04. The van der Waals surface area contributed by atoms with Gasteiger partial charge in [0.2, 0.25) is 0 Å². The number of amidine groups is 1. The number of hydrogen-bond acceptors (Lipinski definition) is 3. The van der Waals surface area contributed by atoms with E-state index in [2.05, 4.69) is 4.99 Å². The first-order valence-electron chi connectivity index (χ1n) is 6.39. The Morgan fingerprint density at radius 1 is 1.09 bits per heavy atom. The highest BCUT2D eigenvalue weighted by Crippen LogP contribution is 2.07. The number of carbonyl (C=O) groups excluding carboxylic acids is 1. The SMILES string of the molecule is N.NC(=NC(=O)OCc1ccccc1)c1ccc(CCl)cc1.[H+]. The van der Waals surface area contributed by atoms with Crippen LogP contribution < -0.4 is 11.9 Å². The minimum Gasteiger partial charge on any atom is -0.443 e. The number of halogens is 1. The Bertz CT molecular complexity index is 634. The van der Waals surface area contributed by atoms with E-state index in [9.17, 15) is 4.79 Å². The zero-order valence-electron chi connectivity index (χ0n) is 13.0. The van der Waals surface area contributed by atoms with Crippen LogP contribution in [-0.4, -0.2) is 11.9 Å². The molecule has 0 atom stereocenters. The van der Waals surface area contributed by atoms with Crippen LogP contribution in [0.2, 0.25) is 0 Å². The molecule has 22 heavy (non-hydrogen) atoms. The van der Waals surface area contributed by atoms with Gasteiger partial charge in [0.25, 0.3) is 0 Å². The molecule has 2 aromatic rings. The zero-order chi connectivity index (χ0) is 15.1. The average molecular weight is 321 g/mol. The van der Waals surface area contributed by atoms with Gasteiger partial charge in [-0.2, -0.15) is 4.99 Å². The summed E-state index contributed by atoms with van der Waals surface area (Å²) in [5.41, 5.74) is 8.29. The van der Waals surface area contributed by atoms with Crippen LogP contribution in [0, 0.1) is 0 Å². The molecule has 0 unspecified atom stereocenters. The molecule has 5 nitrogen and oxygen atoms in total. The van der Waals surface area contributed by atoms with Crippen LogP contribution in [0.15, 0.2) is 59.6 Å². The molecule has 0 spiro atoms. The third-order valence-corrected chi connectivity index (χ3v) is 3.13. The number of nitrogens with two attached hydrogens (primary N) is 1. The quantitative estimate of drug-likeness (QED) is 0.509. The van der Waals surface area contributed by atoms with Gasteiger partial charge in [0, 0.05) is 11.4 Å². The van der Waals surface area contributed by atoms with Crippen LogP contribution in [-0.2, 0) is 17.2 Å². The molecule has 116 valence electrons. The molecular formula is C16H19ClN3O2+. The Balaban J connectivity index is 0.00000242. The molecule has 0 saturated heterocycles. The fourth-order valence-corrected chi connectivity index (χ4v) is 1.86. The molecule has 2 aromatic carbocycles. The lowest BCUT2D eigenvalue weighted by atomic mass is 10.1. The standard InChI is InChI=1S/C16H15ClN2O2.H3N/c17-10-12-6-8-14(9-7-12)15(18)19-16(20)21-11-13-4-2-1-3-5-13;/h1-9H,10-11H2,(H2,18,19,20);1H3/p+1. The van der Waals surface area contributed by atoms with Crippen molar-refractivity contribution in [3.05, 3.63) is 71.3 Å². The molecule has 6 heteroatoms. The predicted molar refractivity (Wildman–Crippen MR) is 89.5 cm³/mol. The number of hydrogen-bond donors (Lipinski definition) is 2. The first kappa shape index (κ1) is 17.7. The van der Waals surface area contributed by atoms with Crippen molar-refractivity contribution in [2.45, 2.75) is 12.5 Å². The Hall–Kier alpha value is -2.37. The highest BCUT2D eigenvalue weighted by atomic mass is 35.5. The van der Waals surface area contributed by atoms with Crippen molar-refractivity contribution in [3.8, 4) is 0 Å². The summed E-state index contributed by atoms with van der Waals surface area (Å²) in [6, 6.07) is 16.6. The number of nitrogens with zero attached hydrogens (tertiary/aromatic N) is 1. The Morgan fingerprint density at radius 3 is 2.32 bits per heavy atom. The first-order chi connectivity index (χ1) is 10.2. The van der Waals surface area contributed by atoms with Crippen molar-refractivity contribution in [3.63, 3.8) is 0 Å². The van der Waals surface area contributed by atoms with Gasteiger partial charge in [-0.25, -0.2) is 4.79 Å². The Kier molecular flexibility index (Phi) is 7.08. The second kappa shape index (κ2) is 8.81. The maximum atomic E-state index is 11.6. The smallest absolute Gasteiger partial charge is 0.443 e. The highest BCUT2D eigenvalue weighted by Gasteiger charge is 2.05. The third kappa shape index (κ3) is 5.20. The molecule has 5 N–H and O–H groups in total. The van der Waals surface area contributed by atoms with E-state index in [0.717, 1.165) is 11.1 Å². The zero-order valence-corrected chi connectivity index (χ0v) is 12.8. The average Bonchev–Trinajstić information content (AvgIpc) is 2.54. The van der Waals surface area contributed by atoms with Crippen molar-refractivity contribution in [2.75, 3.05) is 0 Å². The van der Waals surface area contributed by atoms with Gasteiger partial charge in [0.1, 0.15) is 12.4 Å². The molecule has 1 amide bonds. The lowest BCUT2D eigenvalue weighted by molar-refractivity contribution is 0.151. The van der Waals surface area contributed by atoms with Gasteiger partial charge in [-0.3, -0.25) is 0 Å². The van der Waals surface area contributed by atoms with Crippen LogP contribution >= 0.6 is 11.6 Å². The van der Waals surface area contributed by atoms with Crippen LogP contribution in [0.3, 0.4) is 0 Å². The fourth-order valence-electron chi connectivity index (χ4n) is 1.68. The van der Waals surface area contributed by atoms with Crippen LogP contribution in [0.25, 0.3) is 0 Å². The maximum absolute atomic E-state index is 11.6. The van der Waals surface area contributed by atoms with Gasteiger partial charge in [-0.1, -0.05) is 54.6 Å². The third-order valence-electron chi connectivity index (χ3n) is 2.82. The second-order valence-electron chi connectivity index (χ2n) is 4.37. The minimum absolute atomic E-state index is 0. The number of alkyl halides is 1. The predicted octanol–water partition coefficient (Wildman–Crippen LogP) is 3.74. The molecule has 0 aliphatic carbocycles. The molecule has 0 radical (unpaired) electrons. The van der Waals surface area contributed by atoms with Gasteiger partial charge >= 0.3 is 7.52 Å². The maximum Gasteiger partial charge on any atom is 1.00 e. The summed E-state index contributed by atoms with van der Waals surface area (Å²) >= 11 is 5.71. The van der Waals surface area contributed by atoms with Gasteiger partial charge in [-0.15, -0.1) is 11.6 Å². The van der Waals surface area contributed by atoms with Gasteiger partial charge in [0.05, 0.1) is 0 Å². The highest BCUT2D eigenvalue weighted by molar-refractivity contribution is 6.17. The van der Waals surface area contributed by atoms with Gasteiger partial charge < -0.3 is 16.6 Å². The largest absolute Gasteiger partial charge is 1.00 e. The number of rotatable bonds is 4. The van der Waals surface area contributed by atoms with Crippen molar-refractivity contribution in [2.24, 2.45) is 10.7 Å². The normalized spacial score (nSPS) is 10.7. The van der Waals surface area contributed by atoms with E-state index >= 15 is 0 Å². The molecule has 0 saturated carbocycles. The van der Waals surface area contributed by atoms with Gasteiger partial charge in [-0.05, 0) is 11.1 Å². The van der Waals surface area contributed by atoms with E-state index < -0.39 is 6.09 Å². The van der Waals surface area contributed by atoms with Crippen molar-refractivity contribution in [1.82, 2.24) is 6.15 Å². The number of amides is 1. The van der Waals surface area contributed by atoms with Gasteiger partial charge in [0.15, 0.2) is 0 Å². The van der Waals surface area contributed by atoms with E-state index in [1.165, 1.54) is 0 Å². The van der Waals surface area contributed by atoms with Crippen molar-refractivity contribution in [1.29, 1.82) is 0 Å². The van der Waals surface area contributed by atoms with Crippen LogP contribution in [0.4, 0.5) is 4.79 Å². The van der Waals surface area contributed by atoms with Crippen LogP contribution in [0.5, 0.6) is 0 Å². The second-order valence-corrected chi connectivity index (χ2v) is 4.64. The topological polar surface area (TPSA) is 99.7 Å². The molecule has 0 aromatic heterocycles. The molecular weight excluding hydrogens is 302 g/mol. The summed E-state index contributed by atoms with van der Waals surface area (Å²) in [6.07, 6.45) is -0.710. The van der Waals surface area contributed by atoms with E-state index in [1.54, 1.807) is 12.1 Å². The Morgan fingerprint density at radius 2 is 1.73 bits per heavy atom. The number of carbonyl (C=O) groups is 1. The summed E-state index contributed by atoms with van der Waals surface area (Å²) in [4.78, 5) is 15.3. The molecule has 0 heterocycles. The van der Waals surface area contributed by atoms with E-state index in [1.807, 2.05) is 42.5 Å². The lowest BCUT2D eigenvalue weighted by Gasteiger charge is -2.03. The lowest BCUT2D eigenvalue weighted by Crippen LogP contribution is -2.16. The fraction of sp³-hybridized carbons (Fsp3) is 0.125. The monoisotopic (exact) mass is 320 g/mol. The molecule has 0 fully saturated rings. The number of aliphatic imine (C=N–C) groups is 1. The number of ether oxygens (including phenoxy) is 1. The summed E-state index contributed by atoms with van der Waals surface area (Å²) in [6.45, 7) is 0.168. The van der Waals surface area contributed by atoms with Crippen LogP contribution in [0.1, 0.15) is 18.1 Å². The first-order valence-corrected chi connectivity index (χ1v) is 6.92. The van der Waals surface area contributed by atoms with Crippen molar-refractivity contribution < 1.29 is 11.0 Å². The molecule has 0 aliphatic rings. The van der Waals surface area contributed by atoms with E-state index in [4.69, 9.17) is 22.1 Å². The van der Waals surface area contributed by atoms with Crippen molar-refractivity contribution >= 4 is 23.5 Å². The summed E-state index contributed by atoms with van der Waals surface area (Å²) in [5, 5.41) is 0. The molecule has 0 aliphatic heterocycles. The summed E-state index contributed by atoms with van der Waals surface area (Å²) in [7, 11) is 0. The summed E-state index contributed by atoms with van der Waals surface area (Å²) in [5.74, 6) is 0.547. The molecule has 2 rings (SSSR count). The van der Waals surface area contributed by atoms with E-state index in [-0.39, 0.29) is 20.0 Å².